The average molecular weight is 784 g/mol. The molecule has 298 valence electrons. The van der Waals surface area contributed by atoms with Crippen molar-refractivity contribution in [2.45, 2.75) is 89.8 Å². The molecule has 0 amide bonds. The lowest BCUT2D eigenvalue weighted by atomic mass is 9.59. The van der Waals surface area contributed by atoms with Crippen molar-refractivity contribution in [1.29, 1.82) is 0 Å². The number of nitrogens with zero attached hydrogens (tertiary/aromatic N) is 1. The third-order valence-electron chi connectivity index (χ3n) is 10.7. The van der Waals surface area contributed by atoms with E-state index in [0.717, 1.165) is 34.6 Å². The maximum Gasteiger partial charge on any atom is 0.305 e. The van der Waals surface area contributed by atoms with Gasteiger partial charge in [0.05, 0.1) is 11.3 Å². The van der Waals surface area contributed by atoms with E-state index in [-0.39, 0.29) is 0 Å². The van der Waals surface area contributed by atoms with E-state index in [4.69, 9.17) is 28.4 Å². The van der Waals surface area contributed by atoms with Crippen LogP contribution >= 0.6 is 0 Å². The highest BCUT2D eigenvalue weighted by atomic mass is 16.7. The van der Waals surface area contributed by atoms with Gasteiger partial charge in [-0.25, -0.2) is 0 Å². The molecule has 3 aliphatic rings. The number of Topliss-reactive ketones (excluding diaryl/α,β-unsaturated/α-hetero) is 1. The van der Waals surface area contributed by atoms with Gasteiger partial charge in [0.1, 0.15) is 17.6 Å². The molecule has 57 heavy (non-hydrogen) atoms. The normalized spacial score (nSPS) is 29.5. The van der Waals surface area contributed by atoms with Gasteiger partial charge in [-0.3, -0.25) is 38.9 Å². The van der Waals surface area contributed by atoms with Crippen LogP contribution < -0.4 is 0 Å². The first-order valence-corrected chi connectivity index (χ1v) is 18.2. The minimum absolute atomic E-state index is 0.322. The van der Waals surface area contributed by atoms with Gasteiger partial charge in [0.25, 0.3) is 0 Å². The van der Waals surface area contributed by atoms with Crippen molar-refractivity contribution in [3.63, 3.8) is 0 Å². The lowest BCUT2D eigenvalue weighted by molar-refractivity contribution is -0.544. The Morgan fingerprint density at radius 2 is 1.11 bits per heavy atom. The van der Waals surface area contributed by atoms with E-state index in [2.05, 4.69) is 0 Å². The average Bonchev–Trinajstić information content (AvgIpc) is 3.48. The molecule has 2 fully saturated rings. The number of ether oxygens (including phenoxy) is 6. The molecule has 2 bridgehead atoms. The quantitative estimate of drug-likeness (QED) is 0.115. The van der Waals surface area contributed by atoms with Gasteiger partial charge in [0, 0.05) is 39.5 Å². The second-order valence-electron chi connectivity index (χ2n) is 14.3. The van der Waals surface area contributed by atoms with Crippen LogP contribution in [0.5, 0.6) is 0 Å². The number of benzene rings is 3. The molecule has 0 radical (unpaired) electrons. The molecule has 0 N–H and O–H groups in total. The number of ketones is 1. The zero-order valence-electron chi connectivity index (χ0n) is 31.9. The van der Waals surface area contributed by atoms with Gasteiger partial charge >= 0.3 is 29.8 Å². The van der Waals surface area contributed by atoms with Crippen LogP contribution in [0.3, 0.4) is 0 Å². The van der Waals surface area contributed by atoms with Crippen LogP contribution in [0.15, 0.2) is 91.0 Å². The van der Waals surface area contributed by atoms with Crippen molar-refractivity contribution in [2.24, 2.45) is 11.3 Å². The number of hydrogen-bond donors (Lipinski definition) is 0. The maximum atomic E-state index is 15.8. The molecular weight excluding hydrogens is 742 g/mol. The molecule has 2 aliphatic carbocycles. The van der Waals surface area contributed by atoms with E-state index < -0.39 is 100 Å². The molecule has 10 atom stereocenters. The van der Waals surface area contributed by atoms with Crippen LogP contribution in [-0.2, 0) is 62.6 Å². The van der Waals surface area contributed by atoms with Crippen molar-refractivity contribution in [3.05, 3.63) is 118 Å². The minimum atomic E-state index is -1.98. The number of carbonyl (C=O) groups is 6. The standard InChI is InChI=1S/C42H41NO14/c1-22(44)52-33(34-35(53-23(2)45)36(54-24(3)46)37(55-25(4)47)39(57-34)56-26(5)48)32-38(43(50)51)41(6)30(27-16-10-7-11-17-27)31(28-18-12-8-13-19-28)42(32,40(41)49)29-20-14-9-15-21-29/h7-21,32-39H,1-6H3/t32-,33-,34+,35+,36-,37+,38-,39+,41+,42-/m1/s1. The summed E-state index contributed by atoms with van der Waals surface area (Å²) in [6.07, 6.45) is -11.0. The second kappa shape index (κ2) is 15.7. The van der Waals surface area contributed by atoms with E-state index in [1.54, 1.807) is 91.0 Å². The number of nitro groups is 1. The summed E-state index contributed by atoms with van der Waals surface area (Å²) >= 11 is 0. The van der Waals surface area contributed by atoms with Crippen LogP contribution in [0.2, 0.25) is 0 Å². The SMILES string of the molecule is CC(=O)O[C@H]1O[C@@H]([C@H](OC(C)=O)[C@@H]2[C@@H]([N+](=O)[O-])[C@@]3(C)C(=O)[C@]2(c2ccccc2)C(c2ccccc2)=C3c2ccccc2)[C@H](OC(C)=O)[C@@H](OC(C)=O)[C@@H]1OC(C)=O. The molecule has 0 spiro atoms. The number of fused-ring (bicyclic) bond motifs is 2. The summed E-state index contributed by atoms with van der Waals surface area (Å²) in [5.74, 6) is -6.98. The first-order valence-electron chi connectivity index (χ1n) is 18.2. The smallest absolute Gasteiger partial charge is 0.305 e. The fraction of sp³-hybridized carbons (Fsp3) is 0.381. The second-order valence-corrected chi connectivity index (χ2v) is 14.3. The van der Waals surface area contributed by atoms with Gasteiger partial charge in [-0.05, 0) is 34.8 Å². The zero-order chi connectivity index (χ0) is 41.4. The number of allylic oxidation sites excluding steroid dienone is 1. The highest BCUT2D eigenvalue weighted by molar-refractivity contribution is 6.26. The molecule has 1 saturated carbocycles. The van der Waals surface area contributed by atoms with Gasteiger partial charge < -0.3 is 28.4 Å². The molecule has 15 heteroatoms. The fourth-order valence-corrected chi connectivity index (χ4v) is 9.12. The Morgan fingerprint density at radius 3 is 1.58 bits per heavy atom. The Morgan fingerprint density at radius 1 is 0.649 bits per heavy atom. The summed E-state index contributed by atoms with van der Waals surface area (Å²) in [6.45, 7) is 6.64. The number of esters is 5. The number of rotatable bonds is 11. The first kappa shape index (κ1) is 40.4. The lowest BCUT2D eigenvalue weighted by Gasteiger charge is -2.49. The van der Waals surface area contributed by atoms with Crippen LogP contribution in [0.4, 0.5) is 0 Å². The molecule has 0 aromatic heterocycles. The Bertz CT molecular complexity index is 2120. The van der Waals surface area contributed by atoms with E-state index in [1.807, 2.05) is 0 Å². The topological polar surface area (TPSA) is 201 Å². The Hall–Kier alpha value is -6.22. The highest BCUT2D eigenvalue weighted by Crippen LogP contribution is 2.71. The van der Waals surface area contributed by atoms with Gasteiger partial charge in [0.15, 0.2) is 18.0 Å². The van der Waals surface area contributed by atoms with Crippen molar-refractivity contribution in [3.8, 4) is 0 Å². The maximum absolute atomic E-state index is 15.8. The van der Waals surface area contributed by atoms with E-state index >= 15 is 4.79 Å². The van der Waals surface area contributed by atoms with Crippen LogP contribution in [0, 0.1) is 21.4 Å². The molecule has 15 nitrogen and oxygen atoms in total. The molecular formula is C42H41NO14. The van der Waals surface area contributed by atoms with Gasteiger partial charge in [-0.1, -0.05) is 91.0 Å². The number of carbonyl (C=O) groups excluding carboxylic acids is 6. The van der Waals surface area contributed by atoms with Gasteiger partial charge in [0.2, 0.25) is 18.4 Å². The molecule has 1 saturated heterocycles. The van der Waals surface area contributed by atoms with Crippen LogP contribution in [0.25, 0.3) is 11.1 Å². The van der Waals surface area contributed by atoms with Crippen LogP contribution in [0.1, 0.15) is 58.2 Å². The van der Waals surface area contributed by atoms with E-state index in [0.29, 0.717) is 27.8 Å². The monoisotopic (exact) mass is 783 g/mol. The van der Waals surface area contributed by atoms with Crippen LogP contribution in [-0.4, -0.2) is 83.4 Å². The third kappa shape index (κ3) is 6.96. The van der Waals surface area contributed by atoms with Gasteiger partial charge in [-0.2, -0.15) is 0 Å². The third-order valence-corrected chi connectivity index (χ3v) is 10.7. The molecule has 3 aromatic rings. The molecule has 1 aliphatic heterocycles. The predicted octanol–water partition coefficient (Wildman–Crippen LogP) is 4.41. The van der Waals surface area contributed by atoms with Crippen molar-refractivity contribution < 1.29 is 62.1 Å². The van der Waals surface area contributed by atoms with E-state index in [1.165, 1.54) is 6.92 Å². The Kier molecular flexibility index (Phi) is 11.2. The summed E-state index contributed by atoms with van der Waals surface area (Å²) in [5, 5.41) is 13.8. The molecule has 1 heterocycles. The summed E-state index contributed by atoms with van der Waals surface area (Å²) < 4.78 is 34.7. The fourth-order valence-electron chi connectivity index (χ4n) is 9.12. The largest absolute Gasteiger partial charge is 0.459 e. The van der Waals surface area contributed by atoms with Crippen molar-refractivity contribution >= 4 is 46.8 Å². The molecule has 3 aromatic carbocycles. The highest BCUT2D eigenvalue weighted by Gasteiger charge is 2.82. The summed E-state index contributed by atoms with van der Waals surface area (Å²) in [6, 6.07) is 24.2. The predicted molar refractivity (Wildman–Crippen MR) is 198 cm³/mol. The summed E-state index contributed by atoms with van der Waals surface area (Å²) in [7, 11) is 0. The Labute approximate surface area is 327 Å². The number of hydrogen-bond acceptors (Lipinski definition) is 14. The molecule has 6 rings (SSSR count). The lowest BCUT2D eigenvalue weighted by Crippen LogP contribution is -2.67. The minimum Gasteiger partial charge on any atom is -0.459 e. The van der Waals surface area contributed by atoms with Gasteiger partial charge in [-0.15, -0.1) is 0 Å². The molecule has 0 unspecified atom stereocenters. The van der Waals surface area contributed by atoms with Crippen molar-refractivity contribution in [2.75, 3.05) is 0 Å². The zero-order valence-corrected chi connectivity index (χ0v) is 31.9. The van der Waals surface area contributed by atoms with Crippen molar-refractivity contribution in [1.82, 2.24) is 0 Å². The summed E-state index contributed by atoms with van der Waals surface area (Å²) in [5.41, 5.74) is -1.70. The summed E-state index contributed by atoms with van der Waals surface area (Å²) in [4.78, 5) is 92.9. The Balaban J connectivity index is 1.74. The first-order chi connectivity index (χ1) is 27.0. The van der Waals surface area contributed by atoms with E-state index in [9.17, 15) is 34.1 Å².